The maximum absolute atomic E-state index is 12.5. The normalized spacial score (nSPS) is 9.90. The molecule has 1 aromatic heterocycles. The third-order valence-electron chi connectivity index (χ3n) is 3.02. The minimum Gasteiger partial charge on any atom is -0.310 e. The molecule has 1 aromatic carbocycles. The Kier molecular flexibility index (Phi) is 3.76. The molecule has 0 aliphatic carbocycles. The SMILES string of the molecule is Cc1cc(C(=O)N(C)c2ccccc2C#N)c(C)nn1. The summed E-state index contributed by atoms with van der Waals surface area (Å²) in [5.74, 6) is -0.205. The van der Waals surface area contributed by atoms with Gasteiger partial charge in [0.1, 0.15) is 6.07 Å². The number of rotatable bonds is 2. The average Bonchev–Trinajstić information content (AvgIpc) is 2.48. The van der Waals surface area contributed by atoms with Gasteiger partial charge in [-0.15, -0.1) is 0 Å². The van der Waals surface area contributed by atoms with E-state index in [-0.39, 0.29) is 5.91 Å². The summed E-state index contributed by atoms with van der Waals surface area (Å²) in [6, 6.07) is 10.8. The first-order valence-electron chi connectivity index (χ1n) is 6.12. The second-order valence-corrected chi connectivity index (χ2v) is 4.48. The molecule has 0 aliphatic heterocycles. The number of aromatic nitrogens is 2. The van der Waals surface area contributed by atoms with Crippen molar-refractivity contribution in [1.82, 2.24) is 10.2 Å². The molecule has 1 heterocycles. The van der Waals surface area contributed by atoms with Gasteiger partial charge in [-0.3, -0.25) is 4.79 Å². The van der Waals surface area contributed by atoms with Gasteiger partial charge in [0.15, 0.2) is 0 Å². The van der Waals surface area contributed by atoms with Crippen LogP contribution in [0.3, 0.4) is 0 Å². The highest BCUT2D eigenvalue weighted by atomic mass is 16.2. The molecule has 0 radical (unpaired) electrons. The Morgan fingerprint density at radius 3 is 2.65 bits per heavy atom. The van der Waals surface area contributed by atoms with E-state index < -0.39 is 0 Å². The Balaban J connectivity index is 2.43. The second kappa shape index (κ2) is 5.49. The van der Waals surface area contributed by atoms with Crippen LogP contribution in [0.25, 0.3) is 0 Å². The Morgan fingerprint density at radius 1 is 1.25 bits per heavy atom. The fourth-order valence-electron chi connectivity index (χ4n) is 1.92. The number of hydrogen-bond acceptors (Lipinski definition) is 4. The first-order valence-corrected chi connectivity index (χ1v) is 6.12. The smallest absolute Gasteiger partial charge is 0.260 e. The number of hydrogen-bond donors (Lipinski definition) is 0. The van der Waals surface area contributed by atoms with E-state index in [0.29, 0.717) is 28.2 Å². The molecule has 5 heteroatoms. The second-order valence-electron chi connectivity index (χ2n) is 4.48. The molecule has 2 rings (SSSR count). The van der Waals surface area contributed by atoms with Crippen LogP contribution in [-0.2, 0) is 0 Å². The lowest BCUT2D eigenvalue weighted by Gasteiger charge is -2.19. The Bertz CT molecular complexity index is 703. The fraction of sp³-hybridized carbons (Fsp3) is 0.200. The summed E-state index contributed by atoms with van der Waals surface area (Å²) in [5, 5.41) is 17.0. The van der Waals surface area contributed by atoms with Gasteiger partial charge in [-0.1, -0.05) is 12.1 Å². The maximum atomic E-state index is 12.5. The number of anilines is 1. The van der Waals surface area contributed by atoms with E-state index in [9.17, 15) is 4.79 Å². The van der Waals surface area contributed by atoms with Gasteiger partial charge in [-0.2, -0.15) is 15.5 Å². The van der Waals surface area contributed by atoms with Crippen molar-refractivity contribution in [3.05, 3.63) is 52.8 Å². The van der Waals surface area contributed by atoms with Crippen molar-refractivity contribution < 1.29 is 4.79 Å². The molecule has 100 valence electrons. The van der Waals surface area contributed by atoms with Gasteiger partial charge < -0.3 is 4.90 Å². The lowest BCUT2D eigenvalue weighted by atomic mass is 10.1. The van der Waals surface area contributed by atoms with Crippen LogP contribution in [0, 0.1) is 25.2 Å². The summed E-state index contributed by atoms with van der Waals surface area (Å²) in [6.45, 7) is 3.52. The van der Waals surface area contributed by atoms with E-state index in [4.69, 9.17) is 5.26 Å². The van der Waals surface area contributed by atoms with Crippen LogP contribution in [0.2, 0.25) is 0 Å². The summed E-state index contributed by atoms with van der Waals surface area (Å²) in [7, 11) is 1.65. The van der Waals surface area contributed by atoms with Crippen LogP contribution in [0.1, 0.15) is 27.3 Å². The molecule has 2 aromatic rings. The first-order chi connectivity index (χ1) is 9.54. The molecule has 0 atom stereocenters. The molecule has 0 unspecified atom stereocenters. The van der Waals surface area contributed by atoms with E-state index >= 15 is 0 Å². The minimum atomic E-state index is -0.205. The third kappa shape index (κ3) is 2.50. The minimum absolute atomic E-state index is 0.205. The van der Waals surface area contributed by atoms with Crippen molar-refractivity contribution in [3.63, 3.8) is 0 Å². The highest BCUT2D eigenvalue weighted by molar-refractivity contribution is 6.07. The van der Waals surface area contributed by atoms with Crippen LogP contribution in [0.5, 0.6) is 0 Å². The number of nitriles is 1. The predicted molar refractivity (Wildman–Crippen MR) is 75.4 cm³/mol. The summed E-state index contributed by atoms with van der Waals surface area (Å²) >= 11 is 0. The molecule has 20 heavy (non-hydrogen) atoms. The molecule has 0 N–H and O–H groups in total. The van der Waals surface area contributed by atoms with Gasteiger partial charge in [0, 0.05) is 7.05 Å². The zero-order valence-electron chi connectivity index (χ0n) is 11.6. The summed E-state index contributed by atoms with van der Waals surface area (Å²) in [6.07, 6.45) is 0. The quantitative estimate of drug-likeness (QED) is 0.835. The van der Waals surface area contributed by atoms with Gasteiger partial charge in [0.05, 0.1) is 28.2 Å². The van der Waals surface area contributed by atoms with Crippen LogP contribution in [-0.4, -0.2) is 23.2 Å². The van der Waals surface area contributed by atoms with E-state index in [1.54, 1.807) is 51.2 Å². The molecule has 0 aliphatic rings. The number of para-hydroxylation sites is 1. The van der Waals surface area contributed by atoms with Crippen molar-refractivity contribution in [1.29, 1.82) is 5.26 Å². The number of nitrogens with zero attached hydrogens (tertiary/aromatic N) is 4. The van der Waals surface area contributed by atoms with Gasteiger partial charge in [0.25, 0.3) is 5.91 Å². The fourth-order valence-corrected chi connectivity index (χ4v) is 1.92. The molecule has 5 nitrogen and oxygen atoms in total. The van der Waals surface area contributed by atoms with E-state index in [1.807, 2.05) is 0 Å². The van der Waals surface area contributed by atoms with Crippen LogP contribution in [0.15, 0.2) is 30.3 Å². The molecule has 0 saturated carbocycles. The van der Waals surface area contributed by atoms with Crippen LogP contribution >= 0.6 is 0 Å². The summed E-state index contributed by atoms with van der Waals surface area (Å²) in [5.41, 5.74) is 2.78. The molecular weight excluding hydrogens is 252 g/mol. The molecular formula is C15H14N4O. The van der Waals surface area contributed by atoms with Crippen molar-refractivity contribution in [2.75, 3.05) is 11.9 Å². The van der Waals surface area contributed by atoms with Crippen LogP contribution in [0.4, 0.5) is 5.69 Å². The van der Waals surface area contributed by atoms with E-state index in [1.165, 1.54) is 4.90 Å². The molecule has 0 spiro atoms. The number of carbonyl (C=O) groups is 1. The lowest BCUT2D eigenvalue weighted by Crippen LogP contribution is -2.28. The van der Waals surface area contributed by atoms with Crippen molar-refractivity contribution in [2.45, 2.75) is 13.8 Å². The average molecular weight is 266 g/mol. The van der Waals surface area contributed by atoms with Crippen molar-refractivity contribution >= 4 is 11.6 Å². The monoisotopic (exact) mass is 266 g/mol. The predicted octanol–water partition coefficient (Wildman–Crippen LogP) is 2.24. The van der Waals surface area contributed by atoms with Crippen molar-refractivity contribution in [2.24, 2.45) is 0 Å². The zero-order chi connectivity index (χ0) is 14.7. The van der Waals surface area contributed by atoms with Gasteiger partial charge in [0.2, 0.25) is 0 Å². The number of amides is 1. The van der Waals surface area contributed by atoms with E-state index in [2.05, 4.69) is 16.3 Å². The largest absolute Gasteiger partial charge is 0.310 e. The Morgan fingerprint density at radius 2 is 1.95 bits per heavy atom. The lowest BCUT2D eigenvalue weighted by molar-refractivity contribution is 0.0991. The highest BCUT2D eigenvalue weighted by Crippen LogP contribution is 2.21. The number of benzene rings is 1. The van der Waals surface area contributed by atoms with Crippen LogP contribution < -0.4 is 4.90 Å². The number of aryl methyl sites for hydroxylation is 2. The zero-order valence-corrected chi connectivity index (χ0v) is 11.6. The van der Waals surface area contributed by atoms with Gasteiger partial charge >= 0.3 is 0 Å². The Hall–Kier alpha value is -2.74. The maximum Gasteiger partial charge on any atom is 0.260 e. The van der Waals surface area contributed by atoms with Gasteiger partial charge in [-0.05, 0) is 32.0 Å². The molecule has 1 amide bonds. The molecule has 0 bridgehead atoms. The first kappa shape index (κ1) is 13.7. The summed E-state index contributed by atoms with van der Waals surface area (Å²) in [4.78, 5) is 14.0. The highest BCUT2D eigenvalue weighted by Gasteiger charge is 2.19. The third-order valence-corrected chi connectivity index (χ3v) is 3.02. The summed E-state index contributed by atoms with van der Waals surface area (Å²) < 4.78 is 0. The molecule has 0 fully saturated rings. The number of carbonyl (C=O) groups excluding carboxylic acids is 1. The topological polar surface area (TPSA) is 69.9 Å². The van der Waals surface area contributed by atoms with Gasteiger partial charge in [-0.25, -0.2) is 0 Å². The molecule has 0 saturated heterocycles. The standard InChI is InChI=1S/C15H14N4O/c1-10-8-13(11(2)18-17-10)15(20)19(3)14-7-5-4-6-12(14)9-16/h4-8H,1-3H3. The van der Waals surface area contributed by atoms with E-state index in [0.717, 1.165) is 0 Å². The Labute approximate surface area is 117 Å². The van der Waals surface area contributed by atoms with Crippen molar-refractivity contribution in [3.8, 4) is 6.07 Å².